The number of nitrogens with zero attached hydrogens (tertiary/aromatic N) is 4. The highest BCUT2D eigenvalue weighted by Gasteiger charge is 2.38. The molecule has 148 valence electrons. The molecule has 1 aromatic carbocycles. The molecule has 0 radical (unpaired) electrons. The minimum atomic E-state index is -4.99. The molecule has 0 aliphatic heterocycles. The number of alkyl halides is 3. The molecule has 0 amide bonds. The number of aromatic amines is 1. The Kier molecular flexibility index (Phi) is 5.38. The minimum absolute atomic E-state index is 0.0205. The van der Waals surface area contributed by atoms with Crippen LogP contribution in [-0.2, 0) is 12.7 Å². The number of halogens is 4. The maximum Gasteiger partial charge on any atom is 0.437 e. The molecule has 3 aromatic rings. The standard InChI is InChI=1S/C17H9ClF3N5O3/c18-11-1-9(4-22)2-12(3-11)29-13-14(17(19,20)21)25-8-26(16(13)28)6-10-5-23-7-24-15(10)27/h1-3,5,7-8H,6H2,(H,23,24,27). The van der Waals surface area contributed by atoms with Gasteiger partial charge in [0.15, 0.2) is 5.69 Å². The van der Waals surface area contributed by atoms with Crippen LogP contribution in [0.3, 0.4) is 0 Å². The summed E-state index contributed by atoms with van der Waals surface area (Å²) >= 11 is 5.82. The van der Waals surface area contributed by atoms with Crippen LogP contribution in [0.4, 0.5) is 13.2 Å². The van der Waals surface area contributed by atoms with Gasteiger partial charge in [-0.1, -0.05) is 11.6 Å². The lowest BCUT2D eigenvalue weighted by Crippen LogP contribution is -2.28. The summed E-state index contributed by atoms with van der Waals surface area (Å²) in [6.07, 6.45) is -2.04. The van der Waals surface area contributed by atoms with Gasteiger partial charge in [0.1, 0.15) is 5.75 Å². The maximum absolute atomic E-state index is 13.3. The molecule has 8 nitrogen and oxygen atoms in total. The molecule has 0 spiro atoms. The van der Waals surface area contributed by atoms with Gasteiger partial charge in [0.25, 0.3) is 11.1 Å². The third kappa shape index (κ3) is 4.44. The molecule has 3 rings (SSSR count). The van der Waals surface area contributed by atoms with E-state index in [1.807, 2.05) is 0 Å². The van der Waals surface area contributed by atoms with Gasteiger partial charge >= 0.3 is 6.18 Å². The highest BCUT2D eigenvalue weighted by atomic mass is 35.5. The molecule has 1 N–H and O–H groups in total. The van der Waals surface area contributed by atoms with Gasteiger partial charge in [-0.15, -0.1) is 0 Å². The summed E-state index contributed by atoms with van der Waals surface area (Å²) in [6.45, 7) is -0.386. The second-order valence-corrected chi connectivity index (χ2v) is 6.08. The van der Waals surface area contributed by atoms with Crippen LogP contribution < -0.4 is 15.9 Å². The van der Waals surface area contributed by atoms with Crippen LogP contribution in [0.25, 0.3) is 0 Å². The fourth-order valence-electron chi connectivity index (χ4n) is 2.35. The van der Waals surface area contributed by atoms with Gasteiger partial charge in [-0.25, -0.2) is 9.97 Å². The van der Waals surface area contributed by atoms with Crippen molar-refractivity contribution in [3.63, 3.8) is 0 Å². The number of nitrogens with one attached hydrogen (secondary N) is 1. The van der Waals surface area contributed by atoms with E-state index in [0.717, 1.165) is 23.0 Å². The maximum atomic E-state index is 13.3. The zero-order chi connectivity index (χ0) is 21.2. The minimum Gasteiger partial charge on any atom is -0.449 e. The van der Waals surface area contributed by atoms with Crippen molar-refractivity contribution in [3.05, 3.63) is 79.6 Å². The molecule has 29 heavy (non-hydrogen) atoms. The van der Waals surface area contributed by atoms with E-state index in [1.54, 1.807) is 6.07 Å². The second kappa shape index (κ2) is 7.76. The predicted octanol–water partition coefficient (Wildman–Crippen LogP) is 2.71. The van der Waals surface area contributed by atoms with Crippen molar-refractivity contribution in [2.45, 2.75) is 12.7 Å². The molecule has 0 aliphatic carbocycles. The van der Waals surface area contributed by atoms with Crippen LogP contribution in [-0.4, -0.2) is 19.5 Å². The number of hydrogen-bond donors (Lipinski definition) is 1. The van der Waals surface area contributed by atoms with Gasteiger partial charge in [0.05, 0.1) is 36.4 Å². The van der Waals surface area contributed by atoms with Gasteiger partial charge < -0.3 is 9.72 Å². The largest absolute Gasteiger partial charge is 0.449 e. The van der Waals surface area contributed by atoms with E-state index in [1.165, 1.54) is 12.3 Å². The Balaban J connectivity index is 2.12. The number of nitriles is 1. The number of hydrogen-bond acceptors (Lipinski definition) is 6. The average Bonchev–Trinajstić information content (AvgIpc) is 2.65. The molecule has 12 heteroatoms. The molecule has 2 aromatic heterocycles. The van der Waals surface area contributed by atoms with E-state index in [9.17, 15) is 22.8 Å². The zero-order valence-electron chi connectivity index (χ0n) is 14.2. The van der Waals surface area contributed by atoms with E-state index in [4.69, 9.17) is 21.6 Å². The average molecular weight is 424 g/mol. The molecule has 2 heterocycles. The van der Waals surface area contributed by atoms with Crippen LogP contribution in [0.5, 0.6) is 11.5 Å². The van der Waals surface area contributed by atoms with Crippen LogP contribution >= 0.6 is 11.6 Å². The number of rotatable bonds is 4. The van der Waals surface area contributed by atoms with Crippen molar-refractivity contribution in [1.29, 1.82) is 5.26 Å². The highest BCUT2D eigenvalue weighted by Crippen LogP contribution is 2.35. The first-order valence-electron chi connectivity index (χ1n) is 7.76. The molecule has 0 unspecified atom stereocenters. The van der Waals surface area contributed by atoms with E-state index in [0.29, 0.717) is 6.33 Å². The molecule has 0 atom stereocenters. The fraction of sp³-hybridized carbons (Fsp3) is 0.118. The van der Waals surface area contributed by atoms with Crippen LogP contribution in [0, 0.1) is 11.3 Å². The van der Waals surface area contributed by atoms with Crippen LogP contribution in [0.15, 0.2) is 46.6 Å². The highest BCUT2D eigenvalue weighted by molar-refractivity contribution is 6.30. The summed E-state index contributed by atoms with van der Waals surface area (Å²) < 4.78 is 45.9. The molecule has 0 bridgehead atoms. The van der Waals surface area contributed by atoms with Crippen molar-refractivity contribution in [3.8, 4) is 17.6 Å². The first-order valence-corrected chi connectivity index (χ1v) is 8.13. The van der Waals surface area contributed by atoms with Crippen molar-refractivity contribution in [2.24, 2.45) is 0 Å². The van der Waals surface area contributed by atoms with Gasteiger partial charge in [0.2, 0.25) is 5.75 Å². The first-order chi connectivity index (χ1) is 13.7. The molecular weight excluding hydrogens is 415 g/mol. The predicted molar refractivity (Wildman–Crippen MR) is 93.7 cm³/mol. The number of H-pyrrole nitrogens is 1. The molecular formula is C17H9ClF3N5O3. The smallest absolute Gasteiger partial charge is 0.437 e. The SMILES string of the molecule is N#Cc1cc(Cl)cc(Oc2c(C(F)(F)F)ncn(Cc3cnc[nH]c3=O)c2=O)c1. The lowest BCUT2D eigenvalue weighted by Gasteiger charge is -2.14. The third-order valence-corrected chi connectivity index (χ3v) is 3.84. The first kappa shape index (κ1) is 20.1. The topological polar surface area (TPSA) is 114 Å². The summed E-state index contributed by atoms with van der Waals surface area (Å²) in [4.78, 5) is 33.7. The third-order valence-electron chi connectivity index (χ3n) is 3.62. The van der Waals surface area contributed by atoms with E-state index in [2.05, 4.69) is 15.0 Å². The number of aromatic nitrogens is 4. The summed E-state index contributed by atoms with van der Waals surface area (Å²) in [5.41, 5.74) is -3.27. The quantitative estimate of drug-likeness (QED) is 0.690. The molecule has 0 aliphatic rings. The Morgan fingerprint density at radius 3 is 2.69 bits per heavy atom. The van der Waals surface area contributed by atoms with Gasteiger partial charge in [-0.2, -0.15) is 18.4 Å². The molecule has 0 saturated carbocycles. The van der Waals surface area contributed by atoms with Crippen molar-refractivity contribution < 1.29 is 17.9 Å². The zero-order valence-corrected chi connectivity index (χ0v) is 15.0. The molecule has 0 fully saturated rings. The van der Waals surface area contributed by atoms with Gasteiger partial charge in [-0.05, 0) is 18.2 Å². The normalized spacial score (nSPS) is 11.1. The Morgan fingerprint density at radius 2 is 2.03 bits per heavy atom. The van der Waals surface area contributed by atoms with E-state index in [-0.39, 0.29) is 28.4 Å². The number of benzene rings is 1. The Labute approximate surface area is 164 Å². The van der Waals surface area contributed by atoms with Gasteiger partial charge in [-0.3, -0.25) is 14.2 Å². The summed E-state index contributed by atoms with van der Waals surface area (Å²) in [7, 11) is 0. The Hall–Kier alpha value is -3.65. The van der Waals surface area contributed by atoms with Crippen LogP contribution in [0.2, 0.25) is 5.02 Å². The summed E-state index contributed by atoms with van der Waals surface area (Å²) in [5.74, 6) is -1.37. The number of ether oxygens (including phenoxy) is 1. The Bertz CT molecular complexity index is 1230. The Morgan fingerprint density at radius 1 is 1.28 bits per heavy atom. The van der Waals surface area contributed by atoms with Crippen LogP contribution in [0.1, 0.15) is 16.8 Å². The van der Waals surface area contributed by atoms with Crippen molar-refractivity contribution in [2.75, 3.05) is 0 Å². The lowest BCUT2D eigenvalue weighted by atomic mass is 10.2. The van der Waals surface area contributed by atoms with Crippen molar-refractivity contribution in [1.82, 2.24) is 19.5 Å². The lowest BCUT2D eigenvalue weighted by molar-refractivity contribution is -0.142. The van der Waals surface area contributed by atoms with E-state index >= 15 is 0 Å². The monoisotopic (exact) mass is 423 g/mol. The van der Waals surface area contributed by atoms with Crippen molar-refractivity contribution >= 4 is 11.6 Å². The molecule has 0 saturated heterocycles. The summed E-state index contributed by atoms with van der Waals surface area (Å²) in [5, 5.41) is 8.99. The fourth-order valence-corrected chi connectivity index (χ4v) is 2.58. The summed E-state index contributed by atoms with van der Waals surface area (Å²) in [6, 6.07) is 5.31. The van der Waals surface area contributed by atoms with Gasteiger partial charge in [0, 0.05) is 11.2 Å². The van der Waals surface area contributed by atoms with E-state index < -0.39 is 28.7 Å². The second-order valence-electron chi connectivity index (χ2n) is 5.65.